The Hall–Kier alpha value is -1.55. The number of nitrogens with one attached hydrogen (secondary N) is 2. The van der Waals surface area contributed by atoms with Crippen LogP contribution in [0.25, 0.3) is 0 Å². The van der Waals surface area contributed by atoms with Gasteiger partial charge in [0, 0.05) is 13.1 Å². The monoisotopic (exact) mass is 262 g/mol. The Morgan fingerprint density at radius 2 is 2.32 bits per heavy atom. The molecule has 2 N–H and O–H groups in total. The lowest BCUT2D eigenvalue weighted by Crippen LogP contribution is -2.29. The molecule has 1 aromatic rings. The van der Waals surface area contributed by atoms with Gasteiger partial charge in [0.15, 0.2) is 0 Å². The summed E-state index contributed by atoms with van der Waals surface area (Å²) in [5.41, 5.74) is 2.97. The summed E-state index contributed by atoms with van der Waals surface area (Å²) in [6.07, 6.45) is 2.36. The van der Waals surface area contributed by atoms with E-state index in [-0.39, 0.29) is 12.0 Å². The van der Waals surface area contributed by atoms with Crippen molar-refractivity contribution in [3.63, 3.8) is 0 Å². The van der Waals surface area contributed by atoms with Gasteiger partial charge in [0.05, 0.1) is 24.0 Å². The second-order valence-corrected chi connectivity index (χ2v) is 5.05. The number of anilines is 1. The summed E-state index contributed by atoms with van der Waals surface area (Å²) in [4.78, 5) is 12.2. The molecule has 1 aromatic carbocycles. The van der Waals surface area contributed by atoms with E-state index in [1.807, 2.05) is 26.0 Å². The molecule has 2 rings (SSSR count). The molecule has 4 nitrogen and oxygen atoms in total. The fraction of sp³-hybridized carbons (Fsp3) is 0.533. The van der Waals surface area contributed by atoms with Crippen LogP contribution in [0.1, 0.15) is 36.2 Å². The number of fused-ring (bicyclic) bond motifs is 1. The van der Waals surface area contributed by atoms with Crippen LogP contribution in [-0.2, 0) is 11.2 Å². The first-order chi connectivity index (χ1) is 9.18. The molecule has 0 saturated heterocycles. The predicted octanol–water partition coefficient (Wildman–Crippen LogP) is 2.20. The van der Waals surface area contributed by atoms with Gasteiger partial charge in [-0.05, 0) is 38.3 Å². The van der Waals surface area contributed by atoms with Crippen LogP contribution >= 0.6 is 0 Å². The largest absolute Gasteiger partial charge is 0.384 e. The van der Waals surface area contributed by atoms with Gasteiger partial charge in [-0.15, -0.1) is 0 Å². The summed E-state index contributed by atoms with van der Waals surface area (Å²) in [6, 6.07) is 5.90. The Morgan fingerprint density at radius 1 is 1.47 bits per heavy atom. The van der Waals surface area contributed by atoms with Gasteiger partial charge in [-0.3, -0.25) is 4.79 Å². The van der Waals surface area contributed by atoms with Crippen molar-refractivity contribution in [2.45, 2.75) is 32.8 Å². The molecule has 104 valence electrons. The molecule has 1 heterocycles. The molecule has 0 fully saturated rings. The summed E-state index contributed by atoms with van der Waals surface area (Å²) < 4.78 is 5.41. The highest BCUT2D eigenvalue weighted by Crippen LogP contribution is 2.25. The van der Waals surface area contributed by atoms with E-state index >= 15 is 0 Å². The first-order valence-electron chi connectivity index (χ1n) is 6.94. The van der Waals surface area contributed by atoms with Crippen molar-refractivity contribution in [3.8, 4) is 0 Å². The van der Waals surface area contributed by atoms with Gasteiger partial charge in [0.2, 0.25) is 0 Å². The Bertz CT molecular complexity index is 444. The number of hydrogen-bond donors (Lipinski definition) is 2. The van der Waals surface area contributed by atoms with Gasteiger partial charge < -0.3 is 15.4 Å². The van der Waals surface area contributed by atoms with Crippen LogP contribution in [0, 0.1) is 0 Å². The van der Waals surface area contributed by atoms with Gasteiger partial charge in [-0.2, -0.15) is 0 Å². The lowest BCUT2D eigenvalue weighted by molar-refractivity contribution is 0.0747. The first kappa shape index (κ1) is 13.9. The highest BCUT2D eigenvalue weighted by Gasteiger charge is 2.16. The van der Waals surface area contributed by atoms with Crippen molar-refractivity contribution < 1.29 is 9.53 Å². The molecule has 0 atom stereocenters. The van der Waals surface area contributed by atoms with E-state index in [2.05, 4.69) is 16.7 Å². The number of benzene rings is 1. The zero-order valence-corrected chi connectivity index (χ0v) is 11.7. The van der Waals surface area contributed by atoms with Crippen LogP contribution in [0.5, 0.6) is 0 Å². The van der Waals surface area contributed by atoms with Crippen molar-refractivity contribution >= 4 is 11.6 Å². The number of ether oxygens (including phenoxy) is 1. The maximum Gasteiger partial charge on any atom is 0.253 e. The summed E-state index contributed by atoms with van der Waals surface area (Å²) in [5, 5.41) is 6.23. The highest BCUT2D eigenvalue weighted by atomic mass is 16.5. The third-order valence-electron chi connectivity index (χ3n) is 3.16. The fourth-order valence-electron chi connectivity index (χ4n) is 2.25. The summed E-state index contributed by atoms with van der Waals surface area (Å²) in [6.45, 7) is 6.00. The number of carbonyl (C=O) groups is 1. The molecule has 1 aliphatic rings. The maximum absolute atomic E-state index is 12.2. The summed E-state index contributed by atoms with van der Waals surface area (Å²) in [7, 11) is 0. The van der Waals surface area contributed by atoms with E-state index in [9.17, 15) is 4.79 Å². The summed E-state index contributed by atoms with van der Waals surface area (Å²) in [5.74, 6) is -0.0291. The van der Waals surface area contributed by atoms with Crippen LogP contribution in [-0.4, -0.2) is 31.7 Å². The van der Waals surface area contributed by atoms with Gasteiger partial charge in [0.1, 0.15) is 0 Å². The second-order valence-electron chi connectivity index (χ2n) is 5.05. The SMILES string of the molecule is CC(C)OCCNC(=O)c1cccc2c1NCCC2. The van der Waals surface area contributed by atoms with Crippen molar-refractivity contribution in [1.82, 2.24) is 5.32 Å². The molecule has 0 spiro atoms. The number of aryl methyl sites for hydroxylation is 1. The van der Waals surface area contributed by atoms with Crippen LogP contribution in [0.15, 0.2) is 18.2 Å². The van der Waals surface area contributed by atoms with Crippen LogP contribution < -0.4 is 10.6 Å². The van der Waals surface area contributed by atoms with Crippen LogP contribution in [0.2, 0.25) is 0 Å². The molecule has 0 unspecified atom stereocenters. The molecule has 4 heteroatoms. The number of rotatable bonds is 5. The van der Waals surface area contributed by atoms with E-state index in [4.69, 9.17) is 4.74 Å². The van der Waals surface area contributed by atoms with Crippen molar-refractivity contribution in [1.29, 1.82) is 0 Å². The molecule has 0 bridgehead atoms. The van der Waals surface area contributed by atoms with Gasteiger partial charge in [-0.1, -0.05) is 12.1 Å². The average molecular weight is 262 g/mol. The van der Waals surface area contributed by atoms with E-state index < -0.39 is 0 Å². The lowest BCUT2D eigenvalue weighted by atomic mass is 9.99. The average Bonchev–Trinajstić information content (AvgIpc) is 2.42. The van der Waals surface area contributed by atoms with Crippen molar-refractivity contribution in [3.05, 3.63) is 29.3 Å². The molecule has 0 radical (unpaired) electrons. The minimum Gasteiger partial charge on any atom is -0.384 e. The number of amides is 1. The van der Waals surface area contributed by atoms with Crippen molar-refractivity contribution in [2.24, 2.45) is 0 Å². The third kappa shape index (κ3) is 3.70. The summed E-state index contributed by atoms with van der Waals surface area (Å²) >= 11 is 0. The normalized spacial score (nSPS) is 13.8. The number of hydrogen-bond acceptors (Lipinski definition) is 3. The van der Waals surface area contributed by atoms with E-state index in [0.717, 1.165) is 30.6 Å². The smallest absolute Gasteiger partial charge is 0.253 e. The molecule has 1 amide bonds. The van der Waals surface area contributed by atoms with E-state index in [1.54, 1.807) is 0 Å². The molecule has 0 saturated carbocycles. The fourth-order valence-corrected chi connectivity index (χ4v) is 2.25. The quantitative estimate of drug-likeness (QED) is 0.800. The molecule has 1 aliphatic heterocycles. The highest BCUT2D eigenvalue weighted by molar-refractivity contribution is 6.00. The maximum atomic E-state index is 12.2. The van der Waals surface area contributed by atoms with Gasteiger partial charge >= 0.3 is 0 Å². The molecular weight excluding hydrogens is 240 g/mol. The predicted molar refractivity (Wildman–Crippen MR) is 76.7 cm³/mol. The topological polar surface area (TPSA) is 50.4 Å². The van der Waals surface area contributed by atoms with Gasteiger partial charge in [0.25, 0.3) is 5.91 Å². The standard InChI is InChI=1S/C15H22N2O2/c1-11(2)19-10-9-17-15(18)13-7-3-5-12-6-4-8-16-14(12)13/h3,5,7,11,16H,4,6,8-10H2,1-2H3,(H,17,18). The van der Waals surface area contributed by atoms with E-state index in [0.29, 0.717) is 13.2 Å². The minimum atomic E-state index is -0.0291. The number of carbonyl (C=O) groups excluding carboxylic acids is 1. The Kier molecular flexibility index (Phi) is 4.80. The second kappa shape index (κ2) is 6.57. The first-order valence-corrected chi connectivity index (χ1v) is 6.94. The Balaban J connectivity index is 1.95. The van der Waals surface area contributed by atoms with Crippen molar-refractivity contribution in [2.75, 3.05) is 25.0 Å². The Morgan fingerprint density at radius 3 is 3.11 bits per heavy atom. The zero-order valence-electron chi connectivity index (χ0n) is 11.7. The van der Waals surface area contributed by atoms with Gasteiger partial charge in [-0.25, -0.2) is 0 Å². The third-order valence-corrected chi connectivity index (χ3v) is 3.16. The van der Waals surface area contributed by atoms with Crippen LogP contribution in [0.4, 0.5) is 5.69 Å². The molecular formula is C15H22N2O2. The minimum absolute atomic E-state index is 0.0291. The van der Waals surface area contributed by atoms with E-state index in [1.165, 1.54) is 5.56 Å². The molecule has 0 aromatic heterocycles. The Labute approximate surface area is 114 Å². The lowest BCUT2D eigenvalue weighted by Gasteiger charge is -2.20. The molecule has 0 aliphatic carbocycles. The van der Waals surface area contributed by atoms with Crippen LogP contribution in [0.3, 0.4) is 0 Å². The zero-order chi connectivity index (χ0) is 13.7. The number of para-hydroxylation sites is 1. The molecule has 19 heavy (non-hydrogen) atoms.